The minimum atomic E-state index is 0.0417. The molecule has 0 fully saturated rings. The van der Waals surface area contributed by atoms with E-state index in [0.717, 1.165) is 0 Å². The van der Waals surface area contributed by atoms with Gasteiger partial charge in [-0.05, 0) is 25.5 Å². The Bertz CT molecular complexity index is 184. The summed E-state index contributed by atoms with van der Waals surface area (Å²) in [4.78, 5) is 0. The van der Waals surface area contributed by atoms with Crippen molar-refractivity contribution in [3.8, 4) is 0 Å². The van der Waals surface area contributed by atoms with Crippen LogP contribution in [0, 0.1) is 19.9 Å². The van der Waals surface area contributed by atoms with Crippen molar-refractivity contribution in [1.82, 2.24) is 0 Å². The Morgan fingerprint density at radius 1 is 1.36 bits per heavy atom. The van der Waals surface area contributed by atoms with Crippen molar-refractivity contribution in [2.75, 3.05) is 0 Å². The molecule has 0 atom stereocenters. The lowest BCUT2D eigenvalue weighted by Gasteiger charge is -1.90. The predicted molar refractivity (Wildman–Crippen MR) is 58.4 cm³/mol. The standard InChI is InChI=1S/C8H9.2BrH.Mg/c1-7-4-3-5-8(2)6-7;;;/h3-4,6H,1-2H3;2*1H;/q;;;+2/p-2. The summed E-state index contributed by atoms with van der Waals surface area (Å²) < 4.78 is 0. The molecule has 1 radical (unpaired) electrons. The number of aryl methyl sites for hydroxylation is 2. The summed E-state index contributed by atoms with van der Waals surface area (Å²) in [6.07, 6.45) is 0. The molecular weight excluding hydrogens is 280 g/mol. The SMILES string of the molecule is Cc1[c]ccc(C)c1.[Br][Mg][Br]. The molecule has 0 saturated heterocycles. The molecule has 3 heteroatoms. The van der Waals surface area contributed by atoms with Crippen molar-refractivity contribution in [3.63, 3.8) is 0 Å². The number of halogens is 2. The first-order valence-electron chi connectivity index (χ1n) is 3.27. The highest BCUT2D eigenvalue weighted by Crippen LogP contribution is 1.99. The summed E-state index contributed by atoms with van der Waals surface area (Å²) in [6.45, 7) is 4.13. The second-order valence-electron chi connectivity index (χ2n) is 2.15. The van der Waals surface area contributed by atoms with E-state index >= 15 is 0 Å². The monoisotopic (exact) mass is 287 g/mol. The molecule has 1 aromatic carbocycles. The fourth-order valence-electron chi connectivity index (χ4n) is 0.736. The van der Waals surface area contributed by atoms with E-state index < -0.39 is 0 Å². The molecule has 0 aliphatic carbocycles. The molecule has 0 amide bonds. The number of hydrogen-bond donors (Lipinski definition) is 0. The third-order valence-electron chi connectivity index (χ3n) is 1.10. The fraction of sp³-hybridized carbons (Fsp3) is 0.250. The molecule has 0 spiro atoms. The van der Waals surface area contributed by atoms with Crippen LogP contribution in [0.25, 0.3) is 0 Å². The van der Waals surface area contributed by atoms with Gasteiger partial charge in [-0.3, -0.25) is 25.8 Å². The van der Waals surface area contributed by atoms with Gasteiger partial charge in [-0.1, -0.05) is 23.8 Å². The van der Waals surface area contributed by atoms with Crippen LogP contribution < -0.4 is 0 Å². The first kappa shape index (κ1) is 11.9. The van der Waals surface area contributed by atoms with Gasteiger partial charge in [0.2, 0.25) is 0 Å². The highest BCUT2D eigenvalue weighted by molar-refractivity contribution is 9.47. The first-order chi connectivity index (χ1) is 5.20. The van der Waals surface area contributed by atoms with Crippen LogP contribution >= 0.6 is 25.8 Å². The number of rotatable bonds is 0. The summed E-state index contributed by atoms with van der Waals surface area (Å²) in [7, 11) is 0. The van der Waals surface area contributed by atoms with Crippen LogP contribution in [0.2, 0.25) is 0 Å². The van der Waals surface area contributed by atoms with E-state index in [2.05, 4.69) is 44.8 Å². The van der Waals surface area contributed by atoms with Crippen molar-refractivity contribution in [2.45, 2.75) is 13.8 Å². The minimum absolute atomic E-state index is 0.0417. The van der Waals surface area contributed by atoms with Crippen molar-refractivity contribution in [2.24, 2.45) is 0 Å². The third kappa shape index (κ3) is 7.31. The van der Waals surface area contributed by atoms with Gasteiger partial charge < -0.3 is 0 Å². The van der Waals surface area contributed by atoms with Crippen LogP contribution in [0.3, 0.4) is 0 Å². The Labute approximate surface area is 90.2 Å². The molecule has 0 saturated carbocycles. The van der Waals surface area contributed by atoms with Gasteiger partial charge in [0.25, 0.3) is 0 Å². The molecule has 11 heavy (non-hydrogen) atoms. The predicted octanol–water partition coefficient (Wildman–Crippen LogP) is 3.41. The van der Waals surface area contributed by atoms with Gasteiger partial charge in [0.15, 0.2) is 0 Å². The molecule has 0 N–H and O–H groups in total. The number of benzene rings is 1. The van der Waals surface area contributed by atoms with Gasteiger partial charge in [-0.2, -0.15) is 0 Å². The molecule has 0 bridgehead atoms. The largest absolute Gasteiger partial charge is 0.560 e. The second-order valence-corrected chi connectivity index (χ2v) is 10.2. The van der Waals surface area contributed by atoms with Crippen molar-refractivity contribution < 1.29 is 0 Å². The zero-order chi connectivity index (χ0) is 8.69. The van der Waals surface area contributed by atoms with Gasteiger partial charge in [0.1, 0.15) is 0 Å². The fourth-order valence-corrected chi connectivity index (χ4v) is 0.736. The van der Waals surface area contributed by atoms with E-state index in [-0.39, 0.29) is 16.0 Å². The average Bonchev–Trinajstić information content (AvgIpc) is 1.88. The van der Waals surface area contributed by atoms with Gasteiger partial charge >= 0.3 is 16.0 Å². The summed E-state index contributed by atoms with van der Waals surface area (Å²) in [5.41, 5.74) is 2.52. The third-order valence-corrected chi connectivity index (χ3v) is 1.10. The van der Waals surface area contributed by atoms with Crippen molar-refractivity contribution >= 4 is 41.8 Å². The molecule has 0 aliphatic heterocycles. The summed E-state index contributed by atoms with van der Waals surface area (Å²) in [5, 5.41) is 0. The van der Waals surface area contributed by atoms with Crippen LogP contribution in [0.15, 0.2) is 18.2 Å². The Kier molecular flexibility index (Phi) is 8.24. The Hall–Kier alpha value is 0.946. The van der Waals surface area contributed by atoms with Crippen LogP contribution in [0.1, 0.15) is 11.1 Å². The molecule has 0 aromatic heterocycles. The van der Waals surface area contributed by atoms with Gasteiger partial charge in [-0.25, -0.2) is 0 Å². The summed E-state index contributed by atoms with van der Waals surface area (Å²) in [5.74, 6) is 0. The first-order valence-corrected chi connectivity index (χ1v) is 11.1. The Morgan fingerprint density at radius 2 is 1.91 bits per heavy atom. The Balaban J connectivity index is 0.000000292. The van der Waals surface area contributed by atoms with Gasteiger partial charge in [0, 0.05) is 0 Å². The topological polar surface area (TPSA) is 0 Å². The van der Waals surface area contributed by atoms with Crippen LogP contribution in [-0.4, -0.2) is 16.0 Å². The number of hydrogen-bond acceptors (Lipinski definition) is 0. The molecule has 0 nitrogen and oxygen atoms in total. The molecular formula is C8H9Br2Mg. The minimum Gasteiger partial charge on any atom is -0.280 e. The van der Waals surface area contributed by atoms with E-state index in [9.17, 15) is 0 Å². The van der Waals surface area contributed by atoms with E-state index in [0.29, 0.717) is 0 Å². The van der Waals surface area contributed by atoms with Crippen LogP contribution in [-0.2, 0) is 0 Å². The van der Waals surface area contributed by atoms with Crippen LogP contribution in [0.5, 0.6) is 0 Å². The molecule has 1 rings (SSSR count). The maximum atomic E-state index is 3.20. The zero-order valence-corrected chi connectivity index (χ0v) is 11.3. The quantitative estimate of drug-likeness (QED) is 0.642. The maximum Gasteiger partial charge on any atom is 0.560 e. The molecule has 0 unspecified atom stereocenters. The van der Waals surface area contributed by atoms with Gasteiger partial charge in [0.05, 0.1) is 0 Å². The van der Waals surface area contributed by atoms with Crippen LogP contribution in [0.4, 0.5) is 0 Å². The van der Waals surface area contributed by atoms with Crippen molar-refractivity contribution in [3.05, 3.63) is 35.4 Å². The Morgan fingerprint density at radius 3 is 2.18 bits per heavy atom. The van der Waals surface area contributed by atoms with E-state index in [1.807, 2.05) is 19.1 Å². The van der Waals surface area contributed by atoms with Gasteiger partial charge in [-0.15, -0.1) is 0 Å². The lowest BCUT2D eigenvalue weighted by atomic mass is 10.2. The van der Waals surface area contributed by atoms with E-state index in [4.69, 9.17) is 0 Å². The van der Waals surface area contributed by atoms with Crippen molar-refractivity contribution in [1.29, 1.82) is 0 Å². The molecule has 0 aliphatic rings. The lowest BCUT2D eigenvalue weighted by molar-refractivity contribution is 1.38. The van der Waals surface area contributed by atoms with E-state index in [1.54, 1.807) is 0 Å². The highest BCUT2D eigenvalue weighted by Gasteiger charge is 1.81. The molecule has 1 aromatic rings. The second kappa shape index (κ2) is 7.59. The smallest absolute Gasteiger partial charge is 0.280 e. The average molecular weight is 289 g/mol. The lowest BCUT2D eigenvalue weighted by Crippen LogP contribution is -1.72. The summed E-state index contributed by atoms with van der Waals surface area (Å²) in [6, 6.07) is 9.18. The highest BCUT2D eigenvalue weighted by atomic mass is 79.9. The van der Waals surface area contributed by atoms with E-state index in [1.165, 1.54) is 11.1 Å². The molecule has 57 valence electrons. The zero-order valence-electron chi connectivity index (χ0n) is 6.70. The molecule has 0 heterocycles. The summed E-state index contributed by atoms with van der Waals surface area (Å²) >= 11 is 6.44. The maximum absolute atomic E-state index is 3.20. The normalized spacial score (nSPS) is 7.64.